The van der Waals surface area contributed by atoms with Gasteiger partial charge >= 0.3 is 0 Å². The number of H-pyrrole nitrogens is 1. The summed E-state index contributed by atoms with van der Waals surface area (Å²) in [5.74, 6) is 1.12. The van der Waals surface area contributed by atoms with Crippen LogP contribution in [0.25, 0.3) is 0 Å². The molecule has 3 nitrogen and oxygen atoms in total. The molecule has 0 radical (unpaired) electrons. The first-order valence-electron chi connectivity index (χ1n) is 5.12. The van der Waals surface area contributed by atoms with Gasteiger partial charge in [0.05, 0.1) is 24.8 Å². The Bertz CT molecular complexity index is 302. The smallest absolute Gasteiger partial charge is 0.274 e. The quantitative estimate of drug-likeness (QED) is 0.660. The molecule has 0 aliphatic carbocycles. The standard InChI is InChI=1S/C11H14N2O/c14-9-10-4-5-11(12-8-10)13-6-2-1-3-7-13/h4-5,8-9H,1-3,6-7H2/p+1. The fourth-order valence-corrected chi connectivity index (χ4v) is 1.83. The summed E-state index contributed by atoms with van der Waals surface area (Å²) in [5.41, 5.74) is 0.700. The van der Waals surface area contributed by atoms with E-state index in [1.54, 1.807) is 6.20 Å². The Hall–Kier alpha value is -1.38. The minimum atomic E-state index is 0.700. The van der Waals surface area contributed by atoms with Crippen molar-refractivity contribution in [2.45, 2.75) is 19.3 Å². The molecular weight excluding hydrogens is 176 g/mol. The van der Waals surface area contributed by atoms with E-state index >= 15 is 0 Å². The van der Waals surface area contributed by atoms with Gasteiger partial charge in [-0.3, -0.25) is 9.69 Å². The van der Waals surface area contributed by atoms with E-state index < -0.39 is 0 Å². The molecule has 0 spiro atoms. The molecule has 74 valence electrons. The van der Waals surface area contributed by atoms with E-state index in [2.05, 4.69) is 9.88 Å². The minimum Gasteiger partial charge on any atom is -0.298 e. The van der Waals surface area contributed by atoms with Gasteiger partial charge in [0, 0.05) is 6.07 Å². The molecule has 1 aliphatic rings. The van der Waals surface area contributed by atoms with Crippen molar-refractivity contribution in [3.8, 4) is 0 Å². The molecule has 1 aromatic rings. The van der Waals surface area contributed by atoms with Gasteiger partial charge in [0.1, 0.15) is 0 Å². The van der Waals surface area contributed by atoms with E-state index in [1.807, 2.05) is 12.1 Å². The average Bonchev–Trinajstić information content (AvgIpc) is 2.30. The number of rotatable bonds is 2. The molecule has 1 fully saturated rings. The van der Waals surface area contributed by atoms with Gasteiger partial charge in [0.2, 0.25) is 0 Å². The predicted octanol–water partition coefficient (Wildman–Crippen LogP) is 1.30. The van der Waals surface area contributed by atoms with Gasteiger partial charge in [0.25, 0.3) is 5.82 Å². The minimum absolute atomic E-state index is 0.700. The van der Waals surface area contributed by atoms with Crippen LogP contribution in [0.1, 0.15) is 29.6 Å². The van der Waals surface area contributed by atoms with Crippen LogP contribution in [0.2, 0.25) is 0 Å². The van der Waals surface area contributed by atoms with Crippen molar-refractivity contribution < 1.29 is 9.78 Å². The van der Waals surface area contributed by atoms with E-state index in [0.29, 0.717) is 5.56 Å². The van der Waals surface area contributed by atoms with Crippen LogP contribution < -0.4 is 9.88 Å². The first-order valence-corrected chi connectivity index (χ1v) is 5.12. The first kappa shape index (κ1) is 9.19. The van der Waals surface area contributed by atoms with Crippen molar-refractivity contribution in [3.63, 3.8) is 0 Å². The summed E-state index contributed by atoms with van der Waals surface area (Å²) < 4.78 is 0. The zero-order valence-corrected chi connectivity index (χ0v) is 8.20. The van der Waals surface area contributed by atoms with Crippen LogP contribution in [-0.4, -0.2) is 19.4 Å². The van der Waals surface area contributed by atoms with Gasteiger partial charge in [-0.05, 0) is 25.3 Å². The fourth-order valence-electron chi connectivity index (χ4n) is 1.83. The summed E-state index contributed by atoms with van der Waals surface area (Å²) in [7, 11) is 0. The Labute approximate surface area is 83.8 Å². The number of aromatic nitrogens is 1. The van der Waals surface area contributed by atoms with Crippen LogP contribution in [-0.2, 0) is 0 Å². The largest absolute Gasteiger partial charge is 0.298 e. The Morgan fingerprint density at radius 2 is 2.00 bits per heavy atom. The maximum atomic E-state index is 10.5. The molecule has 0 amide bonds. The van der Waals surface area contributed by atoms with E-state index in [-0.39, 0.29) is 0 Å². The van der Waals surface area contributed by atoms with Crippen LogP contribution in [0.4, 0.5) is 5.82 Å². The Morgan fingerprint density at radius 1 is 1.21 bits per heavy atom. The first-order chi connectivity index (χ1) is 6.90. The molecule has 0 bridgehead atoms. The van der Waals surface area contributed by atoms with Crippen molar-refractivity contribution in [2.24, 2.45) is 0 Å². The Morgan fingerprint density at radius 3 is 2.57 bits per heavy atom. The van der Waals surface area contributed by atoms with Crippen LogP contribution in [0.5, 0.6) is 0 Å². The predicted molar refractivity (Wildman–Crippen MR) is 54.4 cm³/mol. The van der Waals surface area contributed by atoms with Crippen LogP contribution >= 0.6 is 0 Å². The number of carbonyl (C=O) groups excluding carboxylic acids is 1. The lowest BCUT2D eigenvalue weighted by Crippen LogP contribution is -2.33. The summed E-state index contributed by atoms with van der Waals surface area (Å²) >= 11 is 0. The molecule has 0 saturated carbocycles. The lowest BCUT2D eigenvalue weighted by molar-refractivity contribution is -0.364. The molecule has 1 aliphatic heterocycles. The molecule has 1 saturated heterocycles. The molecule has 1 N–H and O–H groups in total. The maximum absolute atomic E-state index is 10.5. The van der Waals surface area contributed by atoms with E-state index in [4.69, 9.17) is 0 Å². The molecule has 0 aromatic carbocycles. The van der Waals surface area contributed by atoms with Crippen molar-refractivity contribution in [1.29, 1.82) is 0 Å². The Balaban J connectivity index is 2.11. The van der Waals surface area contributed by atoms with Gasteiger partial charge in [-0.2, -0.15) is 0 Å². The monoisotopic (exact) mass is 191 g/mol. The molecule has 0 unspecified atom stereocenters. The molecule has 3 heteroatoms. The average molecular weight is 191 g/mol. The van der Waals surface area contributed by atoms with Gasteiger partial charge in [-0.15, -0.1) is 0 Å². The van der Waals surface area contributed by atoms with Gasteiger partial charge in [-0.1, -0.05) is 0 Å². The molecular formula is C11H15N2O+. The number of hydrogen-bond donors (Lipinski definition) is 0. The number of pyridine rings is 1. The third kappa shape index (κ3) is 1.92. The number of nitrogens with zero attached hydrogens (tertiary/aromatic N) is 1. The summed E-state index contributed by atoms with van der Waals surface area (Å²) in [6.45, 7) is 2.24. The van der Waals surface area contributed by atoms with Crippen molar-refractivity contribution in [1.82, 2.24) is 0 Å². The van der Waals surface area contributed by atoms with Crippen LogP contribution in [0.15, 0.2) is 18.3 Å². The normalized spacial score (nSPS) is 16.7. The lowest BCUT2D eigenvalue weighted by Gasteiger charge is -2.20. The van der Waals surface area contributed by atoms with E-state index in [0.717, 1.165) is 25.2 Å². The van der Waals surface area contributed by atoms with Crippen molar-refractivity contribution in [3.05, 3.63) is 23.9 Å². The van der Waals surface area contributed by atoms with Crippen LogP contribution in [0, 0.1) is 0 Å². The third-order valence-corrected chi connectivity index (χ3v) is 2.65. The van der Waals surface area contributed by atoms with Gasteiger partial charge in [-0.25, -0.2) is 4.98 Å². The lowest BCUT2D eigenvalue weighted by atomic mass is 10.1. The van der Waals surface area contributed by atoms with Crippen molar-refractivity contribution >= 4 is 12.1 Å². The van der Waals surface area contributed by atoms with Gasteiger partial charge < -0.3 is 0 Å². The maximum Gasteiger partial charge on any atom is 0.274 e. The molecule has 1 aromatic heterocycles. The third-order valence-electron chi connectivity index (χ3n) is 2.65. The number of carbonyl (C=O) groups is 1. The van der Waals surface area contributed by atoms with Crippen molar-refractivity contribution in [2.75, 3.05) is 18.0 Å². The topological polar surface area (TPSA) is 34.5 Å². The van der Waals surface area contributed by atoms with E-state index in [9.17, 15) is 4.79 Å². The molecule has 14 heavy (non-hydrogen) atoms. The zero-order chi connectivity index (χ0) is 9.80. The molecule has 2 heterocycles. The number of nitrogens with one attached hydrogen (secondary N) is 1. The van der Waals surface area contributed by atoms with Gasteiger partial charge in [0.15, 0.2) is 6.29 Å². The Kier molecular flexibility index (Phi) is 2.77. The summed E-state index contributed by atoms with van der Waals surface area (Å²) in [6, 6.07) is 3.84. The summed E-state index contributed by atoms with van der Waals surface area (Å²) in [6.07, 6.45) is 6.49. The number of aromatic amines is 1. The second-order valence-electron chi connectivity index (χ2n) is 3.67. The highest BCUT2D eigenvalue weighted by Crippen LogP contribution is 2.14. The fraction of sp³-hybridized carbons (Fsp3) is 0.455. The molecule has 2 rings (SSSR count). The van der Waals surface area contributed by atoms with E-state index in [1.165, 1.54) is 19.3 Å². The highest BCUT2D eigenvalue weighted by atomic mass is 16.1. The SMILES string of the molecule is O=Cc1ccc(N2CCCCC2)[nH+]c1. The zero-order valence-electron chi connectivity index (χ0n) is 8.20. The molecule has 0 atom stereocenters. The number of anilines is 1. The van der Waals surface area contributed by atoms with Crippen LogP contribution in [0.3, 0.4) is 0 Å². The second-order valence-corrected chi connectivity index (χ2v) is 3.67. The summed E-state index contributed by atoms with van der Waals surface area (Å²) in [5, 5.41) is 0. The highest BCUT2D eigenvalue weighted by Gasteiger charge is 2.17. The highest BCUT2D eigenvalue weighted by molar-refractivity contribution is 5.73. The number of aldehydes is 1. The second kappa shape index (κ2) is 4.22. The summed E-state index contributed by atoms with van der Waals surface area (Å²) in [4.78, 5) is 15.9. The number of piperidine rings is 1. The number of hydrogen-bond acceptors (Lipinski definition) is 2.